The van der Waals surface area contributed by atoms with Crippen LogP contribution in [0.2, 0.25) is 5.02 Å². The Bertz CT molecular complexity index is 1500. The van der Waals surface area contributed by atoms with Crippen LogP contribution >= 0.6 is 11.6 Å². The second-order valence-corrected chi connectivity index (χ2v) is 9.67. The van der Waals surface area contributed by atoms with Gasteiger partial charge < -0.3 is 24.6 Å². The lowest BCUT2D eigenvalue weighted by Gasteiger charge is -2.21. The second-order valence-electron chi connectivity index (χ2n) is 9.26. The molecule has 38 heavy (non-hydrogen) atoms. The van der Waals surface area contributed by atoms with Gasteiger partial charge in [-0.1, -0.05) is 23.7 Å². The SMILES string of the molecule is COc1cc(OC)c(NC(=O)Cn2c(=O)n(CC(=O)N3CC[C@@H](N(C)C)C3)c(=O)c3ccccc32)cc1Cl. The molecular weight excluding hydrogens is 514 g/mol. The van der Waals surface area contributed by atoms with Gasteiger partial charge in [0.2, 0.25) is 11.8 Å². The molecular formula is C26H30ClN5O6. The summed E-state index contributed by atoms with van der Waals surface area (Å²) in [6, 6.07) is 9.72. The molecule has 2 aromatic carbocycles. The number of likely N-dealkylation sites (N-methyl/N-ethyl adjacent to an activating group) is 1. The molecule has 202 valence electrons. The lowest BCUT2D eigenvalue weighted by molar-refractivity contribution is -0.131. The molecule has 3 aromatic rings. The average Bonchev–Trinajstić information content (AvgIpc) is 3.40. The smallest absolute Gasteiger partial charge is 0.332 e. The van der Waals surface area contributed by atoms with Gasteiger partial charge in [0.05, 0.1) is 35.8 Å². The first kappa shape index (κ1) is 27.2. The van der Waals surface area contributed by atoms with Gasteiger partial charge >= 0.3 is 5.69 Å². The minimum absolute atomic E-state index is 0.219. The van der Waals surface area contributed by atoms with Gasteiger partial charge in [0.15, 0.2) is 0 Å². The van der Waals surface area contributed by atoms with Gasteiger partial charge in [0.1, 0.15) is 24.6 Å². The molecule has 11 nitrogen and oxygen atoms in total. The number of methoxy groups -OCH3 is 2. The topological polar surface area (TPSA) is 115 Å². The number of nitrogens with one attached hydrogen (secondary N) is 1. The van der Waals surface area contributed by atoms with E-state index in [1.807, 2.05) is 19.0 Å². The standard InChI is InChI=1S/C26H30ClN5O6/c1-29(2)16-9-10-30(13-16)24(34)15-32-25(35)17-7-5-6-8-20(17)31(26(32)36)14-23(33)28-19-11-18(27)21(37-3)12-22(19)38-4/h5-8,11-12,16H,9-10,13-15H2,1-4H3,(H,28,33)/t16-/m1/s1. The van der Waals surface area contributed by atoms with E-state index < -0.39 is 30.2 Å². The van der Waals surface area contributed by atoms with Gasteiger partial charge in [-0.25, -0.2) is 4.79 Å². The van der Waals surface area contributed by atoms with Gasteiger partial charge in [-0.15, -0.1) is 0 Å². The molecule has 1 atom stereocenters. The Balaban J connectivity index is 1.65. The van der Waals surface area contributed by atoms with Gasteiger partial charge in [0.25, 0.3) is 5.56 Å². The summed E-state index contributed by atoms with van der Waals surface area (Å²) in [7, 11) is 6.79. The van der Waals surface area contributed by atoms with E-state index in [0.717, 1.165) is 11.0 Å². The van der Waals surface area contributed by atoms with E-state index in [1.165, 1.54) is 30.9 Å². The van der Waals surface area contributed by atoms with Crippen molar-refractivity contribution in [1.29, 1.82) is 0 Å². The first-order valence-corrected chi connectivity index (χ1v) is 12.4. The van der Waals surface area contributed by atoms with Crippen molar-refractivity contribution in [3.8, 4) is 11.5 Å². The van der Waals surface area contributed by atoms with Crippen LogP contribution < -0.4 is 26.0 Å². The van der Waals surface area contributed by atoms with E-state index in [2.05, 4.69) is 5.32 Å². The Kier molecular flexibility index (Phi) is 8.08. The number of benzene rings is 2. The maximum atomic E-state index is 13.5. The summed E-state index contributed by atoms with van der Waals surface area (Å²) in [6.07, 6.45) is 0.814. The van der Waals surface area contributed by atoms with Crippen molar-refractivity contribution in [2.45, 2.75) is 25.6 Å². The summed E-state index contributed by atoms with van der Waals surface area (Å²) < 4.78 is 12.6. The highest BCUT2D eigenvalue weighted by molar-refractivity contribution is 6.32. The molecule has 1 aliphatic rings. The molecule has 1 saturated heterocycles. The summed E-state index contributed by atoms with van der Waals surface area (Å²) in [5.41, 5.74) is -0.758. The van der Waals surface area contributed by atoms with Crippen molar-refractivity contribution in [1.82, 2.24) is 18.9 Å². The fourth-order valence-corrected chi connectivity index (χ4v) is 4.82. The van der Waals surface area contributed by atoms with Gasteiger partial charge in [0, 0.05) is 25.2 Å². The number of amides is 2. The number of nitrogens with zero attached hydrogens (tertiary/aromatic N) is 4. The molecule has 0 unspecified atom stereocenters. The van der Waals surface area contributed by atoms with Crippen molar-refractivity contribution in [3.63, 3.8) is 0 Å². The van der Waals surface area contributed by atoms with Gasteiger partial charge in [-0.2, -0.15) is 0 Å². The Labute approximate surface area is 224 Å². The molecule has 1 aromatic heterocycles. The Morgan fingerprint density at radius 3 is 2.42 bits per heavy atom. The number of carbonyl (C=O) groups excluding carboxylic acids is 2. The fraction of sp³-hybridized carbons (Fsp3) is 0.385. The van der Waals surface area contributed by atoms with Crippen molar-refractivity contribution in [2.24, 2.45) is 0 Å². The van der Waals surface area contributed by atoms with Crippen molar-refractivity contribution >= 4 is 40.0 Å². The summed E-state index contributed by atoms with van der Waals surface area (Å²) in [5.74, 6) is -0.191. The minimum Gasteiger partial charge on any atom is -0.495 e. The predicted octanol–water partition coefficient (Wildman–Crippen LogP) is 1.64. The molecule has 0 aliphatic carbocycles. The van der Waals surface area contributed by atoms with E-state index in [0.29, 0.717) is 24.6 Å². The third kappa shape index (κ3) is 5.39. The molecule has 12 heteroatoms. The average molecular weight is 544 g/mol. The lowest BCUT2D eigenvalue weighted by Crippen LogP contribution is -2.45. The van der Waals surface area contributed by atoms with Crippen LogP contribution in [0.4, 0.5) is 5.69 Å². The van der Waals surface area contributed by atoms with Crippen LogP contribution in [0.25, 0.3) is 10.9 Å². The quantitative estimate of drug-likeness (QED) is 0.459. The number of rotatable bonds is 8. The number of carbonyl (C=O) groups is 2. The number of para-hydroxylation sites is 1. The largest absolute Gasteiger partial charge is 0.495 e. The molecule has 0 saturated carbocycles. The third-order valence-electron chi connectivity index (χ3n) is 6.72. The van der Waals surface area contributed by atoms with Crippen LogP contribution in [-0.4, -0.2) is 78.2 Å². The number of ether oxygens (including phenoxy) is 2. The van der Waals surface area contributed by atoms with Gasteiger partial charge in [-0.05, 0) is 38.7 Å². The predicted molar refractivity (Wildman–Crippen MR) is 144 cm³/mol. The molecule has 1 aliphatic heterocycles. The maximum absolute atomic E-state index is 13.5. The lowest BCUT2D eigenvalue weighted by atomic mass is 10.2. The zero-order valence-corrected chi connectivity index (χ0v) is 22.4. The normalized spacial score (nSPS) is 15.2. The summed E-state index contributed by atoms with van der Waals surface area (Å²) in [5, 5.41) is 3.19. The number of aromatic nitrogens is 2. The number of halogens is 1. The molecule has 0 bridgehead atoms. The highest BCUT2D eigenvalue weighted by Gasteiger charge is 2.28. The Morgan fingerprint density at radius 2 is 1.76 bits per heavy atom. The molecule has 0 radical (unpaired) electrons. The fourth-order valence-electron chi connectivity index (χ4n) is 4.58. The zero-order valence-electron chi connectivity index (χ0n) is 21.7. The third-order valence-corrected chi connectivity index (χ3v) is 7.02. The highest BCUT2D eigenvalue weighted by atomic mass is 35.5. The van der Waals surface area contributed by atoms with Gasteiger partial charge in [-0.3, -0.25) is 23.5 Å². The van der Waals surface area contributed by atoms with Crippen molar-refractivity contribution < 1.29 is 19.1 Å². The maximum Gasteiger partial charge on any atom is 0.332 e. The van der Waals surface area contributed by atoms with E-state index in [1.54, 1.807) is 29.2 Å². The summed E-state index contributed by atoms with van der Waals surface area (Å²) in [6.45, 7) is 0.253. The second kappa shape index (κ2) is 11.3. The number of likely N-dealkylation sites (tertiary alicyclic amines) is 1. The monoisotopic (exact) mass is 543 g/mol. The molecule has 2 heterocycles. The van der Waals surface area contributed by atoms with E-state index in [4.69, 9.17) is 21.1 Å². The van der Waals surface area contributed by atoms with Crippen LogP contribution in [0.5, 0.6) is 11.5 Å². The van der Waals surface area contributed by atoms with Crippen molar-refractivity contribution in [3.05, 3.63) is 62.3 Å². The Morgan fingerprint density at radius 1 is 1.05 bits per heavy atom. The number of hydrogen-bond donors (Lipinski definition) is 1. The van der Waals surface area contributed by atoms with Crippen LogP contribution in [-0.2, 0) is 22.7 Å². The Hall–Kier alpha value is -3.83. The molecule has 1 fully saturated rings. The summed E-state index contributed by atoms with van der Waals surface area (Å²) >= 11 is 6.21. The number of hydrogen-bond acceptors (Lipinski definition) is 7. The first-order chi connectivity index (χ1) is 18.1. The highest BCUT2D eigenvalue weighted by Crippen LogP contribution is 2.35. The molecule has 2 amide bonds. The van der Waals surface area contributed by atoms with Crippen molar-refractivity contribution in [2.75, 3.05) is 46.7 Å². The van der Waals surface area contributed by atoms with Crippen LogP contribution in [0.3, 0.4) is 0 Å². The van der Waals surface area contributed by atoms with E-state index >= 15 is 0 Å². The van der Waals surface area contributed by atoms with Crippen LogP contribution in [0.1, 0.15) is 6.42 Å². The zero-order chi connectivity index (χ0) is 27.6. The summed E-state index contributed by atoms with van der Waals surface area (Å²) in [4.78, 5) is 56.5. The first-order valence-electron chi connectivity index (χ1n) is 12.0. The minimum atomic E-state index is -0.750. The molecule has 4 rings (SSSR count). The molecule has 0 spiro atoms. The van der Waals surface area contributed by atoms with E-state index in [9.17, 15) is 19.2 Å². The van der Waals surface area contributed by atoms with Crippen LogP contribution in [0.15, 0.2) is 46.0 Å². The van der Waals surface area contributed by atoms with E-state index in [-0.39, 0.29) is 33.6 Å². The van der Waals surface area contributed by atoms with Crippen LogP contribution in [0, 0.1) is 0 Å². The molecule has 1 N–H and O–H groups in total. The number of anilines is 1. The number of fused-ring (bicyclic) bond motifs is 1.